The molecule has 3 aliphatic carbocycles. The van der Waals surface area contributed by atoms with Crippen molar-refractivity contribution in [2.24, 2.45) is 17.8 Å². The van der Waals surface area contributed by atoms with Gasteiger partial charge in [-0.2, -0.15) is 0 Å². The molecule has 0 N–H and O–H groups in total. The highest BCUT2D eigenvalue weighted by Gasteiger charge is 2.36. The first-order chi connectivity index (χ1) is 16.4. The summed E-state index contributed by atoms with van der Waals surface area (Å²) in [6.07, 6.45) is 11.7. The van der Waals surface area contributed by atoms with Gasteiger partial charge in [0, 0.05) is 5.56 Å². The summed E-state index contributed by atoms with van der Waals surface area (Å²) in [6, 6.07) is 3.46. The highest BCUT2D eigenvalue weighted by Crippen LogP contribution is 2.41. The van der Waals surface area contributed by atoms with Crippen LogP contribution in [0, 0.1) is 29.4 Å². The van der Waals surface area contributed by atoms with Gasteiger partial charge >= 0.3 is 0 Å². The minimum Gasteiger partial charge on any atom is -0.498 e. The van der Waals surface area contributed by atoms with E-state index in [9.17, 15) is 17.6 Å². The maximum absolute atomic E-state index is 14.9. The minimum atomic E-state index is -1.75. The van der Waals surface area contributed by atoms with Gasteiger partial charge in [0.05, 0.1) is 7.11 Å². The molecule has 0 heterocycles. The van der Waals surface area contributed by atoms with Gasteiger partial charge in [-0.25, -0.2) is 17.6 Å². The van der Waals surface area contributed by atoms with Gasteiger partial charge in [0.1, 0.15) is 5.76 Å². The summed E-state index contributed by atoms with van der Waals surface area (Å²) in [4.78, 5) is 0. The van der Waals surface area contributed by atoms with Crippen molar-refractivity contribution in [3.05, 3.63) is 64.5 Å². The van der Waals surface area contributed by atoms with Crippen molar-refractivity contribution in [2.75, 3.05) is 7.11 Å². The van der Waals surface area contributed by atoms with Gasteiger partial charge in [0.15, 0.2) is 24.0 Å². The molecule has 4 rings (SSSR count). The van der Waals surface area contributed by atoms with E-state index in [0.717, 1.165) is 57.8 Å². The molecule has 34 heavy (non-hydrogen) atoms. The van der Waals surface area contributed by atoms with Crippen LogP contribution in [0.1, 0.15) is 81.8 Å². The van der Waals surface area contributed by atoms with Crippen LogP contribution in [-0.2, 0) is 4.74 Å². The second-order valence-electron chi connectivity index (χ2n) is 10.2. The molecule has 0 saturated heterocycles. The van der Waals surface area contributed by atoms with Crippen molar-refractivity contribution in [3.63, 3.8) is 0 Å². The summed E-state index contributed by atoms with van der Waals surface area (Å²) in [6.45, 7) is 2.19. The predicted molar refractivity (Wildman–Crippen MR) is 129 cm³/mol. The Morgan fingerprint density at radius 1 is 0.853 bits per heavy atom. The third-order valence-electron chi connectivity index (χ3n) is 8.32. The van der Waals surface area contributed by atoms with Crippen LogP contribution >= 0.6 is 0 Å². The average Bonchev–Trinajstić information content (AvgIpc) is 2.87. The van der Waals surface area contributed by atoms with Gasteiger partial charge in [0.25, 0.3) is 0 Å². The molecule has 1 nitrogen and oxygen atoms in total. The van der Waals surface area contributed by atoms with Crippen LogP contribution in [-0.4, -0.2) is 19.5 Å². The fourth-order valence-corrected chi connectivity index (χ4v) is 6.01. The quantitative estimate of drug-likeness (QED) is 0.374. The molecule has 1 aromatic rings. The van der Waals surface area contributed by atoms with Crippen molar-refractivity contribution in [2.45, 2.75) is 83.0 Å². The van der Waals surface area contributed by atoms with Crippen LogP contribution in [0.15, 0.2) is 41.7 Å². The van der Waals surface area contributed by atoms with Crippen LogP contribution in [0.3, 0.4) is 0 Å². The molecule has 2 unspecified atom stereocenters. The van der Waals surface area contributed by atoms with Crippen molar-refractivity contribution >= 4 is 6.08 Å². The molecular weight excluding hydrogens is 440 g/mol. The summed E-state index contributed by atoms with van der Waals surface area (Å²) in [5, 5.41) is 0. The van der Waals surface area contributed by atoms with Crippen molar-refractivity contribution in [1.82, 2.24) is 0 Å². The third-order valence-corrected chi connectivity index (χ3v) is 8.32. The van der Waals surface area contributed by atoms with E-state index in [1.165, 1.54) is 13.2 Å². The molecule has 2 atom stereocenters. The molecule has 0 spiro atoms. The zero-order chi connectivity index (χ0) is 24.2. The Balaban J connectivity index is 1.36. The lowest BCUT2D eigenvalue weighted by atomic mass is 9.75. The summed E-state index contributed by atoms with van der Waals surface area (Å²) in [7, 11) is 1.35. The number of halogens is 4. The van der Waals surface area contributed by atoms with E-state index >= 15 is 0 Å². The van der Waals surface area contributed by atoms with Gasteiger partial charge in [-0.05, 0) is 92.3 Å². The number of allylic oxidation sites excluding steroid dienone is 5. The normalized spacial score (nSPS) is 32.4. The van der Waals surface area contributed by atoms with E-state index in [1.807, 2.05) is 6.08 Å². The monoisotopic (exact) mass is 476 g/mol. The summed E-state index contributed by atoms with van der Waals surface area (Å²) >= 11 is 0. The van der Waals surface area contributed by atoms with E-state index in [1.54, 1.807) is 24.3 Å². The first-order valence-electron chi connectivity index (χ1n) is 12.8. The molecule has 0 aromatic heterocycles. The first-order valence-corrected chi connectivity index (χ1v) is 12.8. The smallest absolute Gasteiger partial charge is 0.192 e. The lowest BCUT2D eigenvalue weighted by molar-refractivity contribution is 0.131. The summed E-state index contributed by atoms with van der Waals surface area (Å²) < 4.78 is 63.4. The van der Waals surface area contributed by atoms with Gasteiger partial charge in [-0.15, -0.1) is 0 Å². The second kappa shape index (κ2) is 11.1. The van der Waals surface area contributed by atoms with Crippen molar-refractivity contribution in [1.29, 1.82) is 0 Å². The zero-order valence-corrected chi connectivity index (χ0v) is 20.2. The minimum absolute atomic E-state index is 0.00354. The molecule has 0 bridgehead atoms. The number of ether oxygens (including phenoxy) is 1. The Morgan fingerprint density at radius 3 is 2.18 bits per heavy atom. The molecule has 5 heteroatoms. The third kappa shape index (κ3) is 5.28. The van der Waals surface area contributed by atoms with Crippen LogP contribution < -0.4 is 0 Å². The van der Waals surface area contributed by atoms with Crippen LogP contribution in [0.5, 0.6) is 0 Å². The number of methoxy groups -OCH3 is 1. The predicted octanol–water partition coefficient (Wildman–Crippen LogP) is 8.61. The molecule has 186 valence electrons. The van der Waals surface area contributed by atoms with Gasteiger partial charge < -0.3 is 4.74 Å². The van der Waals surface area contributed by atoms with Crippen molar-refractivity contribution in [3.8, 4) is 0 Å². The number of rotatable bonds is 6. The maximum Gasteiger partial charge on any atom is 0.192 e. The number of benzene rings is 1. The van der Waals surface area contributed by atoms with Crippen LogP contribution in [0.25, 0.3) is 6.08 Å². The fraction of sp³-hybridized carbons (Fsp3) is 0.586. The van der Waals surface area contributed by atoms with Gasteiger partial charge in [0.2, 0.25) is 0 Å². The largest absolute Gasteiger partial charge is 0.498 e. The highest BCUT2D eigenvalue weighted by molar-refractivity contribution is 5.52. The Bertz CT molecular complexity index is 934. The van der Waals surface area contributed by atoms with E-state index in [0.29, 0.717) is 17.1 Å². The zero-order valence-electron chi connectivity index (χ0n) is 20.2. The maximum atomic E-state index is 14.9. The lowest BCUT2D eigenvalue weighted by Gasteiger charge is -2.32. The molecule has 0 radical (unpaired) electrons. The SMILES string of the molecule is CCC1CCC(c2ccc(/C=C/C3CCC(C4=CC=C(OC)C(F)C4F)CC3)c(F)c2F)CC1. The lowest BCUT2D eigenvalue weighted by Crippen LogP contribution is -2.30. The molecule has 0 aliphatic heterocycles. The van der Waals surface area contributed by atoms with Crippen LogP contribution in [0.4, 0.5) is 17.6 Å². The van der Waals surface area contributed by atoms with E-state index in [-0.39, 0.29) is 29.1 Å². The molecular formula is C29H36F4O. The van der Waals surface area contributed by atoms with E-state index in [2.05, 4.69) is 6.92 Å². The Hall–Kier alpha value is -2.04. The molecule has 1 aromatic carbocycles. The Morgan fingerprint density at radius 2 is 1.53 bits per heavy atom. The van der Waals surface area contributed by atoms with Gasteiger partial charge in [-0.1, -0.05) is 43.7 Å². The molecule has 3 aliphatic rings. The van der Waals surface area contributed by atoms with Gasteiger partial charge in [-0.3, -0.25) is 0 Å². The summed E-state index contributed by atoms with van der Waals surface area (Å²) in [5.74, 6) is -0.389. The first kappa shape index (κ1) is 25.1. The second-order valence-corrected chi connectivity index (χ2v) is 10.2. The average molecular weight is 477 g/mol. The van der Waals surface area contributed by atoms with Crippen molar-refractivity contribution < 1.29 is 22.3 Å². The number of hydrogen-bond donors (Lipinski definition) is 0. The topological polar surface area (TPSA) is 9.23 Å². The van der Waals surface area contributed by atoms with Crippen LogP contribution in [0.2, 0.25) is 0 Å². The highest BCUT2D eigenvalue weighted by atomic mass is 19.2. The Labute approximate surface area is 201 Å². The fourth-order valence-electron chi connectivity index (χ4n) is 6.01. The summed E-state index contributed by atoms with van der Waals surface area (Å²) in [5.41, 5.74) is 1.30. The molecule has 0 amide bonds. The molecule has 2 fully saturated rings. The number of hydrogen-bond acceptors (Lipinski definition) is 1. The molecule has 2 saturated carbocycles. The standard InChI is InChI=1S/C29H36F4O/c1-3-18-4-9-20(10-5-18)23-15-14-22(26(30)27(23)31)13-8-19-6-11-21(12-7-19)24-16-17-25(34-2)29(33)28(24)32/h8,13-21,28-29H,3-7,9-12H2,1-2H3/b13-8+. The van der Waals surface area contributed by atoms with E-state index in [4.69, 9.17) is 4.74 Å². The van der Waals surface area contributed by atoms with E-state index < -0.39 is 24.0 Å². The number of alkyl halides is 2. The Kier molecular flexibility index (Phi) is 8.21.